The lowest BCUT2D eigenvalue weighted by Crippen LogP contribution is -2.56. The second-order valence-electron chi connectivity index (χ2n) is 6.52. The van der Waals surface area contributed by atoms with Gasteiger partial charge in [0.2, 0.25) is 5.91 Å². The molecular formula is C19H20Cl2N2O3. The second-order valence-corrected chi connectivity index (χ2v) is 7.33. The normalized spacial score (nSPS) is 14.2. The van der Waals surface area contributed by atoms with E-state index < -0.39 is 0 Å². The van der Waals surface area contributed by atoms with Crippen LogP contribution in [0.3, 0.4) is 0 Å². The zero-order chi connectivity index (χ0) is 18.8. The van der Waals surface area contributed by atoms with Gasteiger partial charge in [-0.1, -0.05) is 29.3 Å². The highest BCUT2D eigenvalue weighted by Crippen LogP contribution is 2.24. The quantitative estimate of drug-likeness (QED) is 0.781. The number of aromatic nitrogens is 1. The van der Waals surface area contributed by atoms with Gasteiger partial charge in [-0.3, -0.25) is 9.59 Å². The van der Waals surface area contributed by atoms with Crippen LogP contribution in [0, 0.1) is 6.92 Å². The molecule has 2 aromatic rings. The van der Waals surface area contributed by atoms with Gasteiger partial charge >= 0.3 is 0 Å². The molecule has 1 fully saturated rings. The molecule has 1 amide bonds. The number of likely N-dealkylation sites (tertiary alicyclic amines) is 1. The first kappa shape index (κ1) is 18.8. The summed E-state index contributed by atoms with van der Waals surface area (Å²) in [5.41, 5.74) is 1.71. The number of aryl methyl sites for hydroxylation is 2. The molecule has 26 heavy (non-hydrogen) atoms. The number of amides is 1. The molecule has 1 aliphatic heterocycles. The average molecular weight is 395 g/mol. The second kappa shape index (κ2) is 7.72. The molecule has 138 valence electrons. The minimum absolute atomic E-state index is 0.0737. The Bertz CT molecular complexity index is 889. The van der Waals surface area contributed by atoms with Crippen LogP contribution in [0.15, 0.2) is 35.1 Å². The standard InChI is InChI=1S/C19H20Cl2N2O3/c1-12-7-14(9-19(25)22(12)2)26-15-10-23(11-15)18(24)6-4-13-3-5-16(20)17(21)8-13/h3,5,7-9,15H,4,6,10-11H2,1-2H3. The van der Waals surface area contributed by atoms with Crippen molar-refractivity contribution in [3.05, 3.63) is 62.0 Å². The van der Waals surface area contributed by atoms with Crippen LogP contribution in [-0.4, -0.2) is 34.6 Å². The Kier molecular flexibility index (Phi) is 5.58. The highest BCUT2D eigenvalue weighted by atomic mass is 35.5. The summed E-state index contributed by atoms with van der Waals surface area (Å²) in [4.78, 5) is 25.8. The predicted molar refractivity (Wildman–Crippen MR) is 102 cm³/mol. The number of carbonyl (C=O) groups is 1. The fraction of sp³-hybridized carbons (Fsp3) is 0.368. The fourth-order valence-electron chi connectivity index (χ4n) is 2.82. The maximum atomic E-state index is 12.3. The smallest absolute Gasteiger partial charge is 0.254 e. The maximum Gasteiger partial charge on any atom is 0.254 e. The molecule has 1 aromatic heterocycles. The third-order valence-corrected chi connectivity index (χ3v) is 5.33. The summed E-state index contributed by atoms with van der Waals surface area (Å²) in [5.74, 6) is 0.634. The minimum atomic E-state index is -0.103. The van der Waals surface area contributed by atoms with Crippen molar-refractivity contribution in [1.29, 1.82) is 0 Å². The van der Waals surface area contributed by atoms with Gasteiger partial charge in [-0.05, 0) is 37.1 Å². The maximum absolute atomic E-state index is 12.3. The van der Waals surface area contributed by atoms with Crippen molar-refractivity contribution in [1.82, 2.24) is 9.47 Å². The zero-order valence-corrected chi connectivity index (χ0v) is 16.2. The Labute approximate surface area is 162 Å². The van der Waals surface area contributed by atoms with Gasteiger partial charge < -0.3 is 14.2 Å². The van der Waals surface area contributed by atoms with E-state index in [2.05, 4.69) is 0 Å². The number of benzene rings is 1. The van der Waals surface area contributed by atoms with Gasteiger partial charge in [-0.15, -0.1) is 0 Å². The Morgan fingerprint density at radius 2 is 1.92 bits per heavy atom. The van der Waals surface area contributed by atoms with E-state index in [1.165, 1.54) is 6.07 Å². The Balaban J connectivity index is 1.47. The van der Waals surface area contributed by atoms with Gasteiger partial charge in [0.05, 0.1) is 23.1 Å². The highest BCUT2D eigenvalue weighted by molar-refractivity contribution is 6.42. The van der Waals surface area contributed by atoms with Crippen molar-refractivity contribution in [3.63, 3.8) is 0 Å². The van der Waals surface area contributed by atoms with Gasteiger partial charge in [0, 0.05) is 25.2 Å². The molecule has 0 aliphatic carbocycles. The number of ether oxygens (including phenoxy) is 1. The van der Waals surface area contributed by atoms with Crippen LogP contribution in [0.5, 0.6) is 5.75 Å². The van der Waals surface area contributed by atoms with E-state index in [9.17, 15) is 9.59 Å². The van der Waals surface area contributed by atoms with Gasteiger partial charge in [0.1, 0.15) is 11.9 Å². The van der Waals surface area contributed by atoms with Crippen molar-refractivity contribution >= 4 is 29.1 Å². The Morgan fingerprint density at radius 3 is 2.58 bits per heavy atom. The van der Waals surface area contributed by atoms with Crippen molar-refractivity contribution < 1.29 is 9.53 Å². The molecule has 0 bridgehead atoms. The third-order valence-electron chi connectivity index (χ3n) is 4.59. The number of carbonyl (C=O) groups excluding carboxylic acids is 1. The summed E-state index contributed by atoms with van der Waals surface area (Å²) in [6, 6.07) is 8.71. The van der Waals surface area contributed by atoms with E-state index in [1.54, 1.807) is 28.6 Å². The van der Waals surface area contributed by atoms with Gasteiger partial charge in [-0.25, -0.2) is 0 Å². The van der Waals surface area contributed by atoms with E-state index in [0.29, 0.717) is 41.7 Å². The molecule has 3 rings (SSSR count). The zero-order valence-electron chi connectivity index (χ0n) is 14.7. The lowest BCUT2D eigenvalue weighted by atomic mass is 10.1. The molecule has 2 heterocycles. The number of halogens is 2. The number of hydrogen-bond acceptors (Lipinski definition) is 3. The molecule has 5 nitrogen and oxygen atoms in total. The first-order valence-electron chi connectivity index (χ1n) is 8.39. The summed E-state index contributed by atoms with van der Waals surface area (Å²) in [6.45, 7) is 2.93. The van der Waals surface area contributed by atoms with Crippen LogP contribution >= 0.6 is 23.2 Å². The summed E-state index contributed by atoms with van der Waals surface area (Å²) in [7, 11) is 1.72. The monoisotopic (exact) mass is 394 g/mol. The molecule has 1 saturated heterocycles. The van der Waals surface area contributed by atoms with Crippen molar-refractivity contribution in [2.24, 2.45) is 7.05 Å². The number of nitrogens with zero attached hydrogens (tertiary/aromatic N) is 2. The molecule has 0 spiro atoms. The summed E-state index contributed by atoms with van der Waals surface area (Å²) >= 11 is 11.9. The lowest BCUT2D eigenvalue weighted by molar-refractivity contribution is -0.139. The van der Waals surface area contributed by atoms with E-state index in [-0.39, 0.29) is 17.6 Å². The van der Waals surface area contributed by atoms with Crippen LogP contribution in [0.4, 0.5) is 0 Å². The molecular weight excluding hydrogens is 375 g/mol. The number of rotatable bonds is 5. The third kappa shape index (κ3) is 4.22. The van der Waals surface area contributed by atoms with E-state index in [1.807, 2.05) is 19.1 Å². The summed E-state index contributed by atoms with van der Waals surface area (Å²) in [5, 5.41) is 1.01. The SMILES string of the molecule is Cc1cc(OC2CN(C(=O)CCc3ccc(Cl)c(Cl)c3)C2)cc(=O)n1C. The molecule has 0 N–H and O–H groups in total. The molecule has 0 unspecified atom stereocenters. The van der Waals surface area contributed by atoms with E-state index in [4.69, 9.17) is 27.9 Å². The molecule has 7 heteroatoms. The topological polar surface area (TPSA) is 51.5 Å². The van der Waals surface area contributed by atoms with Crippen molar-refractivity contribution in [2.45, 2.75) is 25.9 Å². The van der Waals surface area contributed by atoms with E-state index >= 15 is 0 Å². The van der Waals surface area contributed by atoms with Crippen LogP contribution in [0.2, 0.25) is 10.0 Å². The first-order chi connectivity index (χ1) is 12.3. The van der Waals surface area contributed by atoms with Crippen LogP contribution in [-0.2, 0) is 18.3 Å². The van der Waals surface area contributed by atoms with Crippen LogP contribution in [0.25, 0.3) is 0 Å². The van der Waals surface area contributed by atoms with Gasteiger partial charge in [-0.2, -0.15) is 0 Å². The number of pyridine rings is 1. The van der Waals surface area contributed by atoms with Gasteiger partial charge in [0.25, 0.3) is 5.56 Å². The van der Waals surface area contributed by atoms with E-state index in [0.717, 1.165) is 11.3 Å². The van der Waals surface area contributed by atoms with Crippen molar-refractivity contribution in [2.75, 3.05) is 13.1 Å². The summed E-state index contributed by atoms with van der Waals surface area (Å²) in [6.07, 6.45) is 0.955. The molecule has 1 aromatic carbocycles. The molecule has 0 saturated carbocycles. The highest BCUT2D eigenvalue weighted by Gasteiger charge is 2.32. The predicted octanol–water partition coefficient (Wildman–Crippen LogP) is 3.22. The first-order valence-corrected chi connectivity index (χ1v) is 9.15. The number of hydrogen-bond donors (Lipinski definition) is 0. The van der Waals surface area contributed by atoms with Gasteiger partial charge in [0.15, 0.2) is 0 Å². The minimum Gasteiger partial charge on any atom is -0.486 e. The molecule has 1 aliphatic rings. The Morgan fingerprint density at radius 1 is 1.19 bits per heavy atom. The van der Waals surface area contributed by atoms with Crippen molar-refractivity contribution in [3.8, 4) is 5.75 Å². The molecule has 0 radical (unpaired) electrons. The van der Waals surface area contributed by atoms with Crippen LogP contribution in [0.1, 0.15) is 17.7 Å². The Hall–Kier alpha value is -1.98. The average Bonchev–Trinajstić information content (AvgIpc) is 2.56. The fourth-order valence-corrected chi connectivity index (χ4v) is 3.14. The molecule has 0 atom stereocenters. The largest absolute Gasteiger partial charge is 0.486 e. The van der Waals surface area contributed by atoms with Crippen LogP contribution < -0.4 is 10.3 Å². The lowest BCUT2D eigenvalue weighted by Gasteiger charge is -2.39. The summed E-state index contributed by atoms with van der Waals surface area (Å²) < 4.78 is 7.36.